The van der Waals surface area contributed by atoms with E-state index in [-0.39, 0.29) is 17.3 Å². The summed E-state index contributed by atoms with van der Waals surface area (Å²) in [5.74, 6) is 0.0841. The molecule has 3 rings (SSSR count). The van der Waals surface area contributed by atoms with E-state index in [9.17, 15) is 4.39 Å². The predicted molar refractivity (Wildman–Crippen MR) is 75.5 cm³/mol. The van der Waals surface area contributed by atoms with Crippen molar-refractivity contribution >= 4 is 0 Å². The van der Waals surface area contributed by atoms with Gasteiger partial charge in [-0.3, -0.25) is 0 Å². The first-order valence-corrected chi connectivity index (χ1v) is 7.48. The lowest BCUT2D eigenvalue weighted by Crippen LogP contribution is -2.41. The number of benzene rings is 1. The summed E-state index contributed by atoms with van der Waals surface area (Å²) in [5, 5.41) is 0. The third-order valence-electron chi connectivity index (χ3n) is 4.71. The van der Waals surface area contributed by atoms with Gasteiger partial charge < -0.3 is 15.2 Å². The van der Waals surface area contributed by atoms with Crippen LogP contribution in [0.15, 0.2) is 18.2 Å². The Morgan fingerprint density at radius 1 is 1.30 bits per heavy atom. The molecule has 1 aliphatic heterocycles. The number of hydrogen-bond donors (Lipinski definition) is 1. The van der Waals surface area contributed by atoms with Crippen LogP contribution in [0.25, 0.3) is 0 Å². The Bertz CT molecular complexity index is 462. The number of hydrogen-bond acceptors (Lipinski definition) is 3. The highest BCUT2D eigenvalue weighted by molar-refractivity contribution is 5.36. The minimum absolute atomic E-state index is 0.00194. The Morgan fingerprint density at radius 2 is 2.05 bits per heavy atom. The van der Waals surface area contributed by atoms with Crippen LogP contribution in [0.4, 0.5) is 4.39 Å². The third-order valence-corrected chi connectivity index (χ3v) is 4.71. The molecule has 20 heavy (non-hydrogen) atoms. The molecule has 3 nitrogen and oxygen atoms in total. The molecule has 2 aliphatic rings. The Morgan fingerprint density at radius 3 is 2.60 bits per heavy atom. The molecule has 0 atom stereocenters. The number of halogens is 1. The van der Waals surface area contributed by atoms with Crippen LogP contribution >= 0.6 is 0 Å². The highest BCUT2D eigenvalue weighted by atomic mass is 19.1. The molecule has 1 aromatic carbocycles. The lowest BCUT2D eigenvalue weighted by atomic mass is 9.64. The first-order chi connectivity index (χ1) is 9.73. The number of nitrogens with two attached hydrogens (primary N) is 1. The van der Waals surface area contributed by atoms with Gasteiger partial charge in [-0.15, -0.1) is 0 Å². The van der Waals surface area contributed by atoms with Crippen molar-refractivity contribution in [3.8, 4) is 5.75 Å². The molecule has 0 unspecified atom stereocenters. The number of rotatable bonds is 4. The van der Waals surface area contributed by atoms with E-state index in [4.69, 9.17) is 15.2 Å². The zero-order chi connectivity index (χ0) is 14.0. The Balaban J connectivity index is 1.73. The van der Waals surface area contributed by atoms with Crippen LogP contribution < -0.4 is 10.5 Å². The van der Waals surface area contributed by atoms with Crippen LogP contribution in [0.5, 0.6) is 5.75 Å². The molecule has 4 heteroatoms. The van der Waals surface area contributed by atoms with Gasteiger partial charge in [0, 0.05) is 24.8 Å². The highest BCUT2D eigenvalue weighted by Crippen LogP contribution is 2.43. The average molecular weight is 279 g/mol. The van der Waals surface area contributed by atoms with Crippen molar-refractivity contribution in [3.63, 3.8) is 0 Å². The maximum atomic E-state index is 14.2. The molecule has 0 amide bonds. The SMILES string of the molecule is NCC1(c2ccc(OC3CCOCC3)c(F)c2)CCC1. The van der Waals surface area contributed by atoms with E-state index >= 15 is 0 Å². The van der Waals surface area contributed by atoms with E-state index in [0.717, 1.165) is 31.2 Å². The largest absolute Gasteiger partial charge is 0.487 e. The quantitative estimate of drug-likeness (QED) is 0.921. The second kappa shape index (κ2) is 5.70. The van der Waals surface area contributed by atoms with Crippen molar-refractivity contribution in [2.24, 2.45) is 5.73 Å². The van der Waals surface area contributed by atoms with E-state index in [0.29, 0.717) is 25.5 Å². The second-order valence-corrected chi connectivity index (χ2v) is 5.91. The van der Waals surface area contributed by atoms with Gasteiger partial charge in [0.25, 0.3) is 0 Å². The first-order valence-electron chi connectivity index (χ1n) is 7.48. The molecule has 0 bridgehead atoms. The lowest BCUT2D eigenvalue weighted by Gasteiger charge is -2.41. The molecule has 1 aromatic rings. The monoisotopic (exact) mass is 279 g/mol. The maximum Gasteiger partial charge on any atom is 0.165 e. The molecule has 1 saturated heterocycles. The minimum Gasteiger partial charge on any atom is -0.487 e. The van der Waals surface area contributed by atoms with Gasteiger partial charge in [-0.2, -0.15) is 0 Å². The van der Waals surface area contributed by atoms with Crippen LogP contribution in [0, 0.1) is 5.82 Å². The summed E-state index contributed by atoms with van der Waals surface area (Å²) in [4.78, 5) is 0. The molecular formula is C16H22FNO2. The van der Waals surface area contributed by atoms with Gasteiger partial charge in [-0.05, 0) is 30.5 Å². The molecule has 1 saturated carbocycles. The summed E-state index contributed by atoms with van der Waals surface area (Å²) in [6.45, 7) is 1.98. The van der Waals surface area contributed by atoms with E-state index < -0.39 is 0 Å². The maximum absolute atomic E-state index is 14.2. The summed E-state index contributed by atoms with van der Waals surface area (Å²) < 4.78 is 25.3. The first kappa shape index (κ1) is 13.8. The van der Waals surface area contributed by atoms with E-state index in [2.05, 4.69) is 0 Å². The average Bonchev–Trinajstić information content (AvgIpc) is 2.42. The Kier molecular flexibility index (Phi) is 3.94. The minimum atomic E-state index is -0.270. The van der Waals surface area contributed by atoms with Crippen LogP contribution in [0.2, 0.25) is 0 Å². The summed E-state index contributed by atoms with van der Waals surface area (Å²) in [5.41, 5.74) is 6.89. The van der Waals surface area contributed by atoms with E-state index in [1.165, 1.54) is 6.42 Å². The van der Waals surface area contributed by atoms with Gasteiger partial charge in [-0.1, -0.05) is 12.5 Å². The molecule has 110 valence electrons. The summed E-state index contributed by atoms with van der Waals surface area (Å²) >= 11 is 0. The van der Waals surface area contributed by atoms with Crippen molar-refractivity contribution in [1.82, 2.24) is 0 Å². The summed E-state index contributed by atoms with van der Waals surface area (Å²) in [7, 11) is 0. The summed E-state index contributed by atoms with van der Waals surface area (Å²) in [6.07, 6.45) is 5.02. The van der Waals surface area contributed by atoms with Gasteiger partial charge in [0.05, 0.1) is 13.2 Å². The van der Waals surface area contributed by atoms with Crippen molar-refractivity contribution < 1.29 is 13.9 Å². The molecule has 1 aliphatic carbocycles. The highest BCUT2D eigenvalue weighted by Gasteiger charge is 2.37. The second-order valence-electron chi connectivity index (χ2n) is 5.91. The third kappa shape index (κ3) is 2.54. The molecule has 2 fully saturated rings. The molecule has 0 spiro atoms. The van der Waals surface area contributed by atoms with Gasteiger partial charge >= 0.3 is 0 Å². The molecule has 0 radical (unpaired) electrons. The fourth-order valence-electron chi connectivity index (χ4n) is 3.11. The molecule has 1 heterocycles. The van der Waals surface area contributed by atoms with Crippen molar-refractivity contribution in [3.05, 3.63) is 29.6 Å². The normalized spacial score (nSPS) is 22.3. The van der Waals surface area contributed by atoms with Gasteiger partial charge in [0.1, 0.15) is 6.10 Å². The fourth-order valence-corrected chi connectivity index (χ4v) is 3.11. The van der Waals surface area contributed by atoms with Crippen molar-refractivity contribution in [2.45, 2.75) is 43.6 Å². The van der Waals surface area contributed by atoms with Gasteiger partial charge in [0.15, 0.2) is 11.6 Å². The zero-order valence-corrected chi connectivity index (χ0v) is 11.7. The Labute approximate surface area is 119 Å². The molecule has 0 aromatic heterocycles. The topological polar surface area (TPSA) is 44.5 Å². The summed E-state index contributed by atoms with van der Waals surface area (Å²) in [6, 6.07) is 5.35. The Hall–Kier alpha value is -1.13. The van der Waals surface area contributed by atoms with Crippen molar-refractivity contribution in [2.75, 3.05) is 19.8 Å². The lowest BCUT2D eigenvalue weighted by molar-refractivity contribution is 0.0240. The molecular weight excluding hydrogens is 257 g/mol. The van der Waals surface area contributed by atoms with Crippen LogP contribution in [-0.4, -0.2) is 25.9 Å². The van der Waals surface area contributed by atoms with Crippen LogP contribution in [0.3, 0.4) is 0 Å². The predicted octanol–water partition coefficient (Wildman–Crippen LogP) is 2.76. The standard InChI is InChI=1S/C16H22FNO2/c17-14-10-12(16(11-18)6-1-7-16)2-3-15(14)20-13-4-8-19-9-5-13/h2-3,10,13H,1,4-9,11,18H2. The van der Waals surface area contributed by atoms with E-state index in [1.54, 1.807) is 12.1 Å². The van der Waals surface area contributed by atoms with Gasteiger partial charge in [-0.25, -0.2) is 4.39 Å². The van der Waals surface area contributed by atoms with E-state index in [1.807, 2.05) is 6.07 Å². The molecule has 2 N–H and O–H groups in total. The fraction of sp³-hybridized carbons (Fsp3) is 0.625. The van der Waals surface area contributed by atoms with Crippen LogP contribution in [0.1, 0.15) is 37.7 Å². The van der Waals surface area contributed by atoms with Crippen molar-refractivity contribution in [1.29, 1.82) is 0 Å². The number of ether oxygens (including phenoxy) is 2. The zero-order valence-electron chi connectivity index (χ0n) is 11.7. The van der Waals surface area contributed by atoms with Gasteiger partial charge in [0.2, 0.25) is 0 Å². The smallest absolute Gasteiger partial charge is 0.165 e. The van der Waals surface area contributed by atoms with Crippen LogP contribution in [-0.2, 0) is 10.2 Å².